The molecule has 3 aliphatic rings. The van der Waals surface area contributed by atoms with E-state index in [1.165, 1.54) is 10.6 Å². The van der Waals surface area contributed by atoms with Gasteiger partial charge in [-0.15, -0.1) is 0 Å². The third-order valence-electron chi connectivity index (χ3n) is 12.3. The Balaban J connectivity index is 0.921. The quantitative estimate of drug-likeness (QED) is 0.0851. The number of hydrogen-bond acceptors (Lipinski definition) is 11. The van der Waals surface area contributed by atoms with Gasteiger partial charge in [0.15, 0.2) is 5.60 Å². The summed E-state index contributed by atoms with van der Waals surface area (Å²) in [4.78, 5) is 83.6. The predicted octanol–water partition coefficient (Wildman–Crippen LogP) is 4.22. The Morgan fingerprint density at radius 3 is 2.46 bits per heavy atom. The van der Waals surface area contributed by atoms with Crippen molar-refractivity contribution >= 4 is 46.4 Å². The highest BCUT2D eigenvalue weighted by Crippen LogP contribution is 2.46. The van der Waals surface area contributed by atoms with E-state index in [2.05, 4.69) is 26.6 Å². The maximum Gasteiger partial charge on any atom is 0.407 e. The Morgan fingerprint density at radius 2 is 1.74 bits per heavy atom. The second kappa shape index (κ2) is 18.3. The zero-order valence-electron chi connectivity index (χ0n) is 36.4. The van der Waals surface area contributed by atoms with Crippen molar-refractivity contribution in [3.05, 3.63) is 127 Å². The van der Waals surface area contributed by atoms with Crippen LogP contribution in [0.4, 0.5) is 14.9 Å². The number of aromatic nitrogens is 2. The smallest absolute Gasteiger partial charge is 0.407 e. The standard InChI is InChI=1S/C48H50FN7O9/c1-5-48(63)33-18-38-43-31(22-56(38)45(60)32(33)24-64-46(48)61)42-35(16-15-30-26(4)34(49)19-36(54-43)41(30)42)55-47(62)65-23-28-11-13-29(14-12-28)52-39(57)21-51-44(59)37(17-27-9-7-6-8-10-27)53-40(58)20-50-25(2)3/h6-14,18-19,25,35,37,50,63H,5,15-17,20-24H2,1-4H3,(H,51,59)(H,52,57)(H,53,58)(H,55,62)/t35-,37-,48-/m0/s1. The van der Waals surface area contributed by atoms with Crippen molar-refractivity contribution in [1.29, 1.82) is 0 Å². The van der Waals surface area contributed by atoms with Crippen molar-refractivity contribution in [2.75, 3.05) is 18.4 Å². The number of benzene rings is 3. The second-order valence-electron chi connectivity index (χ2n) is 16.9. The summed E-state index contributed by atoms with van der Waals surface area (Å²) in [6.07, 6.45) is 0.353. The number of carbonyl (C=O) groups is 5. The number of nitrogens with one attached hydrogen (secondary N) is 5. The molecule has 3 atom stereocenters. The first-order valence-corrected chi connectivity index (χ1v) is 21.6. The van der Waals surface area contributed by atoms with Gasteiger partial charge in [0.05, 0.1) is 48.1 Å². The number of esters is 1. The Morgan fingerprint density at radius 1 is 0.985 bits per heavy atom. The highest BCUT2D eigenvalue weighted by atomic mass is 19.1. The number of nitrogens with zero attached hydrogens (tertiary/aromatic N) is 2. The number of ether oxygens (including phenoxy) is 2. The second-order valence-corrected chi connectivity index (χ2v) is 16.9. The molecule has 5 aromatic rings. The average molecular weight is 888 g/mol. The average Bonchev–Trinajstić information content (AvgIpc) is 3.66. The highest BCUT2D eigenvalue weighted by molar-refractivity contribution is 5.96. The van der Waals surface area contributed by atoms with Crippen LogP contribution in [0.1, 0.15) is 84.2 Å². The van der Waals surface area contributed by atoms with Crippen LogP contribution in [0.5, 0.6) is 0 Å². The van der Waals surface area contributed by atoms with Crippen LogP contribution in [-0.2, 0) is 66.9 Å². The molecule has 4 amide bonds. The van der Waals surface area contributed by atoms with Crippen molar-refractivity contribution < 1.29 is 42.9 Å². The molecule has 0 spiro atoms. The molecule has 4 heterocycles. The normalized spacial score (nSPS) is 17.3. The van der Waals surface area contributed by atoms with Crippen molar-refractivity contribution in [3.8, 4) is 11.4 Å². The van der Waals surface area contributed by atoms with Crippen LogP contribution >= 0.6 is 0 Å². The van der Waals surface area contributed by atoms with E-state index >= 15 is 4.39 Å². The molecule has 16 nitrogen and oxygen atoms in total. The zero-order chi connectivity index (χ0) is 46.2. The van der Waals surface area contributed by atoms with E-state index in [0.29, 0.717) is 63.1 Å². The number of aliphatic hydroxyl groups is 1. The molecule has 2 aromatic heterocycles. The minimum Gasteiger partial charge on any atom is -0.458 e. The summed E-state index contributed by atoms with van der Waals surface area (Å²) in [5.41, 5.74) is 3.47. The number of carbonyl (C=O) groups excluding carboxylic acids is 5. The van der Waals surface area contributed by atoms with Gasteiger partial charge in [-0.2, -0.15) is 0 Å². The molecule has 0 bridgehead atoms. The molecular formula is C48H50FN7O9. The van der Waals surface area contributed by atoms with Gasteiger partial charge in [-0.3, -0.25) is 19.2 Å². The maximum absolute atomic E-state index is 15.3. The van der Waals surface area contributed by atoms with Gasteiger partial charge in [0, 0.05) is 40.7 Å². The molecule has 1 aliphatic carbocycles. The molecule has 0 radical (unpaired) electrons. The number of pyridine rings is 2. The van der Waals surface area contributed by atoms with Gasteiger partial charge in [-0.1, -0.05) is 63.2 Å². The van der Waals surface area contributed by atoms with Crippen LogP contribution in [0.15, 0.2) is 71.5 Å². The number of amides is 4. The fourth-order valence-electron chi connectivity index (χ4n) is 8.81. The molecule has 0 fully saturated rings. The van der Waals surface area contributed by atoms with Crippen molar-refractivity contribution in [2.24, 2.45) is 0 Å². The van der Waals surface area contributed by atoms with Gasteiger partial charge in [-0.05, 0) is 72.2 Å². The van der Waals surface area contributed by atoms with E-state index in [1.807, 2.05) is 44.2 Å². The Labute approximate surface area is 373 Å². The van der Waals surface area contributed by atoms with E-state index in [0.717, 1.165) is 11.1 Å². The molecule has 0 saturated carbocycles. The molecule has 0 saturated heterocycles. The molecule has 17 heteroatoms. The van der Waals surface area contributed by atoms with Crippen molar-refractivity contribution in [3.63, 3.8) is 0 Å². The molecule has 2 aliphatic heterocycles. The first kappa shape index (κ1) is 44.6. The van der Waals surface area contributed by atoms with Gasteiger partial charge in [0.2, 0.25) is 17.7 Å². The number of alkyl carbamates (subject to hydrolysis) is 1. The lowest BCUT2D eigenvalue weighted by Crippen LogP contribution is -2.51. The Kier molecular flexibility index (Phi) is 12.5. The zero-order valence-corrected chi connectivity index (χ0v) is 36.4. The van der Waals surface area contributed by atoms with Crippen LogP contribution in [0.25, 0.3) is 22.3 Å². The number of cyclic esters (lactones) is 1. The summed E-state index contributed by atoms with van der Waals surface area (Å²) >= 11 is 0. The Hall–Kier alpha value is -6.98. The summed E-state index contributed by atoms with van der Waals surface area (Å²) in [5, 5.41) is 26.2. The molecule has 65 heavy (non-hydrogen) atoms. The SMILES string of the molecule is CC[C@@]1(O)C(=O)OCc2c1cc1n(c2=O)Cc2c-1nc1cc(F)c(C)c3c1c2[C@@H](NC(=O)OCc1ccc(NC(=O)CNC(=O)[C@H](Cc2ccccc2)NC(=O)CNC(C)C)cc1)CC3. The molecular weight excluding hydrogens is 838 g/mol. The number of aryl methyl sites for hydroxylation is 1. The third kappa shape index (κ3) is 8.93. The molecule has 338 valence electrons. The first-order chi connectivity index (χ1) is 31.1. The van der Waals surface area contributed by atoms with Crippen LogP contribution in [0.3, 0.4) is 0 Å². The minimum atomic E-state index is -2.02. The number of hydrogen-bond donors (Lipinski definition) is 6. The molecule has 3 aromatic carbocycles. The summed E-state index contributed by atoms with van der Waals surface area (Å²) in [6, 6.07) is 17.4. The maximum atomic E-state index is 15.3. The number of halogens is 1. The lowest BCUT2D eigenvalue weighted by atomic mass is 9.81. The van der Waals surface area contributed by atoms with Gasteiger partial charge in [0.25, 0.3) is 5.56 Å². The van der Waals surface area contributed by atoms with E-state index < -0.39 is 52.9 Å². The monoisotopic (exact) mass is 887 g/mol. The molecule has 6 N–H and O–H groups in total. The topological polar surface area (TPSA) is 219 Å². The Bertz CT molecular complexity index is 2790. The van der Waals surface area contributed by atoms with E-state index in [-0.39, 0.29) is 68.8 Å². The first-order valence-electron chi connectivity index (χ1n) is 21.6. The highest BCUT2D eigenvalue weighted by Gasteiger charge is 2.46. The van der Waals surface area contributed by atoms with Gasteiger partial charge in [-0.25, -0.2) is 19.0 Å². The van der Waals surface area contributed by atoms with Crippen molar-refractivity contribution in [2.45, 2.75) is 96.9 Å². The van der Waals surface area contributed by atoms with Gasteiger partial charge in [0.1, 0.15) is 25.1 Å². The number of anilines is 1. The lowest BCUT2D eigenvalue weighted by molar-refractivity contribution is -0.172. The summed E-state index contributed by atoms with van der Waals surface area (Å²) in [7, 11) is 0. The number of fused-ring (bicyclic) bond motifs is 5. The van der Waals surface area contributed by atoms with Crippen LogP contribution in [0, 0.1) is 12.7 Å². The van der Waals surface area contributed by atoms with E-state index in [1.54, 1.807) is 44.2 Å². The summed E-state index contributed by atoms with van der Waals surface area (Å²) < 4.78 is 27.7. The van der Waals surface area contributed by atoms with Crippen molar-refractivity contribution in [1.82, 2.24) is 30.8 Å². The fourth-order valence-corrected chi connectivity index (χ4v) is 8.81. The summed E-state index contributed by atoms with van der Waals surface area (Å²) in [5.74, 6) is -2.62. The van der Waals surface area contributed by atoms with Crippen LogP contribution in [0.2, 0.25) is 0 Å². The van der Waals surface area contributed by atoms with Crippen LogP contribution in [-0.4, -0.2) is 69.6 Å². The van der Waals surface area contributed by atoms with E-state index in [9.17, 15) is 33.9 Å². The van der Waals surface area contributed by atoms with Gasteiger partial charge >= 0.3 is 12.1 Å². The van der Waals surface area contributed by atoms with Crippen LogP contribution < -0.4 is 32.1 Å². The number of rotatable bonds is 14. The largest absolute Gasteiger partial charge is 0.458 e. The predicted molar refractivity (Wildman–Crippen MR) is 237 cm³/mol. The van der Waals surface area contributed by atoms with Gasteiger partial charge < -0.3 is 45.7 Å². The minimum absolute atomic E-state index is 0.0214. The summed E-state index contributed by atoms with van der Waals surface area (Å²) in [6.45, 7) is 6.53. The molecule has 0 unspecified atom stereocenters. The molecule has 8 rings (SSSR count). The third-order valence-corrected chi connectivity index (χ3v) is 12.3. The lowest BCUT2D eigenvalue weighted by Gasteiger charge is -2.31. The van der Waals surface area contributed by atoms with E-state index in [4.69, 9.17) is 14.5 Å². The fraction of sp³-hybridized carbons (Fsp3) is 0.354.